The quantitative estimate of drug-likeness (QED) is 0.370. The second kappa shape index (κ2) is 6.35. The molecule has 0 amide bonds. The Morgan fingerprint density at radius 2 is 2.00 bits per heavy atom. The van der Waals surface area contributed by atoms with Crippen molar-refractivity contribution in [3.8, 4) is 11.8 Å². The van der Waals surface area contributed by atoms with E-state index in [1.54, 1.807) is 37.5 Å². The van der Waals surface area contributed by atoms with Crippen molar-refractivity contribution in [3.05, 3.63) is 69.8 Å². The number of hydrogen-bond donors (Lipinski definition) is 0. The summed E-state index contributed by atoms with van der Waals surface area (Å²) in [7, 11) is 1.58. The van der Waals surface area contributed by atoms with Crippen LogP contribution >= 0.6 is 0 Å². The Hall–Kier alpha value is -3.13. The molecule has 0 heterocycles. The number of hydrogen-bond acceptors (Lipinski definition) is 4. The largest absolute Gasteiger partial charge is 0.497 e. The van der Waals surface area contributed by atoms with E-state index in [-0.39, 0.29) is 5.69 Å². The molecule has 104 valence electrons. The SMILES string of the molecule is COc1ccc(/C=C(/C#N)c2cccc([N+](=O)[O-])c2)cc1. The number of nitrogens with zero attached hydrogens (tertiary/aromatic N) is 2. The highest BCUT2D eigenvalue weighted by Gasteiger charge is 2.08. The molecular weight excluding hydrogens is 268 g/mol. The first kappa shape index (κ1) is 14.3. The first-order valence-corrected chi connectivity index (χ1v) is 6.14. The van der Waals surface area contributed by atoms with Crippen molar-refractivity contribution < 1.29 is 9.66 Å². The Bertz CT molecular complexity index is 728. The van der Waals surface area contributed by atoms with E-state index in [4.69, 9.17) is 4.74 Å². The molecule has 0 unspecified atom stereocenters. The zero-order valence-electron chi connectivity index (χ0n) is 11.3. The summed E-state index contributed by atoms with van der Waals surface area (Å²) in [4.78, 5) is 10.3. The van der Waals surface area contributed by atoms with Crippen molar-refractivity contribution in [3.63, 3.8) is 0 Å². The lowest BCUT2D eigenvalue weighted by Gasteiger charge is -2.02. The van der Waals surface area contributed by atoms with Gasteiger partial charge >= 0.3 is 0 Å². The van der Waals surface area contributed by atoms with Crippen molar-refractivity contribution in [2.45, 2.75) is 0 Å². The molecule has 0 atom stereocenters. The van der Waals surface area contributed by atoms with Gasteiger partial charge in [-0.25, -0.2) is 0 Å². The zero-order chi connectivity index (χ0) is 15.2. The van der Waals surface area contributed by atoms with Gasteiger partial charge in [-0.2, -0.15) is 5.26 Å². The molecule has 0 aliphatic heterocycles. The lowest BCUT2D eigenvalue weighted by Crippen LogP contribution is -1.89. The van der Waals surface area contributed by atoms with Gasteiger partial charge in [-0.15, -0.1) is 0 Å². The molecule has 2 aromatic rings. The Balaban J connectivity index is 2.38. The number of nitro benzene ring substituents is 1. The van der Waals surface area contributed by atoms with Gasteiger partial charge in [-0.3, -0.25) is 10.1 Å². The molecule has 0 saturated carbocycles. The normalized spacial score (nSPS) is 10.8. The van der Waals surface area contributed by atoms with E-state index >= 15 is 0 Å². The molecule has 0 aromatic heterocycles. The fraction of sp³-hybridized carbons (Fsp3) is 0.0625. The Labute approximate surface area is 121 Å². The minimum absolute atomic E-state index is 0.0385. The van der Waals surface area contributed by atoms with Crippen molar-refractivity contribution in [2.75, 3.05) is 7.11 Å². The van der Waals surface area contributed by atoms with Gasteiger partial charge in [-0.1, -0.05) is 24.3 Å². The summed E-state index contributed by atoms with van der Waals surface area (Å²) in [6.45, 7) is 0. The van der Waals surface area contributed by atoms with Crippen LogP contribution in [-0.2, 0) is 0 Å². The summed E-state index contributed by atoms with van der Waals surface area (Å²) < 4.78 is 5.07. The summed E-state index contributed by atoms with van der Waals surface area (Å²) in [5.74, 6) is 0.723. The third kappa shape index (κ3) is 3.45. The highest BCUT2D eigenvalue weighted by atomic mass is 16.6. The van der Waals surface area contributed by atoms with Gasteiger partial charge in [-0.05, 0) is 29.3 Å². The number of allylic oxidation sites excluding steroid dienone is 1. The molecule has 0 spiro atoms. The molecule has 21 heavy (non-hydrogen) atoms. The minimum Gasteiger partial charge on any atom is -0.497 e. The van der Waals surface area contributed by atoms with E-state index in [0.717, 1.165) is 11.3 Å². The molecule has 0 aliphatic rings. The smallest absolute Gasteiger partial charge is 0.270 e. The van der Waals surface area contributed by atoms with Gasteiger partial charge in [0, 0.05) is 12.1 Å². The highest BCUT2D eigenvalue weighted by molar-refractivity contribution is 5.90. The molecule has 0 radical (unpaired) electrons. The molecule has 2 rings (SSSR count). The van der Waals surface area contributed by atoms with Crippen molar-refractivity contribution >= 4 is 17.3 Å². The average Bonchev–Trinajstić information content (AvgIpc) is 2.53. The number of benzene rings is 2. The van der Waals surface area contributed by atoms with Gasteiger partial charge in [0.05, 0.1) is 23.7 Å². The maximum atomic E-state index is 10.8. The highest BCUT2D eigenvalue weighted by Crippen LogP contribution is 2.22. The van der Waals surface area contributed by atoms with E-state index in [9.17, 15) is 15.4 Å². The number of methoxy groups -OCH3 is 1. The van der Waals surface area contributed by atoms with Crippen LogP contribution in [0.3, 0.4) is 0 Å². The monoisotopic (exact) mass is 280 g/mol. The van der Waals surface area contributed by atoms with Crippen LogP contribution in [0.15, 0.2) is 48.5 Å². The number of nitro groups is 1. The lowest BCUT2D eigenvalue weighted by molar-refractivity contribution is -0.384. The van der Waals surface area contributed by atoms with Crippen LogP contribution in [0.1, 0.15) is 11.1 Å². The van der Waals surface area contributed by atoms with Gasteiger partial charge in [0.15, 0.2) is 0 Å². The predicted molar refractivity (Wildman–Crippen MR) is 79.6 cm³/mol. The third-order valence-corrected chi connectivity index (χ3v) is 2.92. The first-order chi connectivity index (χ1) is 10.1. The summed E-state index contributed by atoms with van der Waals surface area (Å²) in [6.07, 6.45) is 1.68. The summed E-state index contributed by atoms with van der Waals surface area (Å²) >= 11 is 0. The van der Waals surface area contributed by atoms with Crippen LogP contribution in [-0.4, -0.2) is 12.0 Å². The van der Waals surface area contributed by atoms with Gasteiger partial charge < -0.3 is 4.74 Å². The van der Waals surface area contributed by atoms with E-state index < -0.39 is 4.92 Å². The van der Waals surface area contributed by atoms with E-state index in [0.29, 0.717) is 11.1 Å². The zero-order valence-corrected chi connectivity index (χ0v) is 11.3. The minimum atomic E-state index is -0.480. The van der Waals surface area contributed by atoms with Crippen molar-refractivity contribution in [2.24, 2.45) is 0 Å². The summed E-state index contributed by atoms with van der Waals surface area (Å²) in [6, 6.07) is 15.3. The Morgan fingerprint density at radius 3 is 2.57 bits per heavy atom. The summed E-state index contributed by atoms with van der Waals surface area (Å²) in [5, 5.41) is 20.0. The fourth-order valence-electron chi connectivity index (χ4n) is 1.83. The second-order valence-electron chi connectivity index (χ2n) is 4.25. The third-order valence-electron chi connectivity index (χ3n) is 2.92. The van der Waals surface area contributed by atoms with Crippen LogP contribution in [0.2, 0.25) is 0 Å². The van der Waals surface area contributed by atoms with E-state index in [1.165, 1.54) is 12.1 Å². The number of ether oxygens (including phenoxy) is 1. The molecule has 0 aliphatic carbocycles. The van der Waals surface area contributed by atoms with Crippen molar-refractivity contribution in [1.82, 2.24) is 0 Å². The lowest BCUT2D eigenvalue weighted by atomic mass is 10.0. The van der Waals surface area contributed by atoms with Gasteiger partial charge in [0.2, 0.25) is 0 Å². The molecule has 2 aromatic carbocycles. The first-order valence-electron chi connectivity index (χ1n) is 6.14. The molecule has 0 saturated heterocycles. The average molecular weight is 280 g/mol. The molecule has 5 nitrogen and oxygen atoms in total. The van der Waals surface area contributed by atoms with Gasteiger partial charge in [0.25, 0.3) is 5.69 Å². The maximum absolute atomic E-state index is 10.8. The molecule has 0 bridgehead atoms. The van der Waals surface area contributed by atoms with Gasteiger partial charge in [0.1, 0.15) is 5.75 Å². The molecule has 0 N–H and O–H groups in total. The van der Waals surface area contributed by atoms with Crippen LogP contribution in [0.25, 0.3) is 11.6 Å². The van der Waals surface area contributed by atoms with E-state index in [2.05, 4.69) is 6.07 Å². The fourth-order valence-corrected chi connectivity index (χ4v) is 1.83. The van der Waals surface area contributed by atoms with Crippen LogP contribution in [0.5, 0.6) is 5.75 Å². The maximum Gasteiger partial charge on any atom is 0.270 e. The van der Waals surface area contributed by atoms with Crippen LogP contribution in [0, 0.1) is 21.4 Å². The molecule has 0 fully saturated rings. The Kier molecular flexibility index (Phi) is 4.32. The van der Waals surface area contributed by atoms with Crippen LogP contribution < -0.4 is 4.74 Å². The summed E-state index contributed by atoms with van der Waals surface area (Å²) in [5.41, 5.74) is 1.66. The number of non-ortho nitro benzene ring substituents is 1. The van der Waals surface area contributed by atoms with Crippen LogP contribution in [0.4, 0.5) is 5.69 Å². The Morgan fingerprint density at radius 1 is 1.29 bits per heavy atom. The molecular formula is C16H12N2O3. The topological polar surface area (TPSA) is 76.2 Å². The second-order valence-corrected chi connectivity index (χ2v) is 4.25. The predicted octanol–water partition coefficient (Wildman–Crippen LogP) is 3.67. The number of nitriles is 1. The molecule has 5 heteroatoms. The standard InChI is InChI=1S/C16H12N2O3/c1-21-16-7-5-12(6-8-16)9-14(11-17)13-3-2-4-15(10-13)18(19)20/h2-10H,1H3/b14-9-. The van der Waals surface area contributed by atoms with E-state index in [1.807, 2.05) is 12.1 Å². The number of rotatable bonds is 4. The van der Waals surface area contributed by atoms with Crippen molar-refractivity contribution in [1.29, 1.82) is 5.26 Å².